The van der Waals surface area contributed by atoms with E-state index in [1.165, 1.54) is 0 Å². The molecule has 0 saturated carbocycles. The summed E-state index contributed by atoms with van der Waals surface area (Å²) in [6.45, 7) is 5.77. The van der Waals surface area contributed by atoms with E-state index in [0.29, 0.717) is 22.5 Å². The fourth-order valence-corrected chi connectivity index (χ4v) is 2.78. The average Bonchev–Trinajstić information content (AvgIpc) is 2.68. The van der Waals surface area contributed by atoms with Crippen molar-refractivity contribution in [3.63, 3.8) is 0 Å². The molecule has 0 atom stereocenters. The van der Waals surface area contributed by atoms with Gasteiger partial charge in [-0.05, 0) is 50.2 Å². The number of carbonyl (C=O) groups is 1. The molecule has 2 aromatic carbocycles. The minimum Gasteiger partial charge on any atom is -0.497 e. The topological polar surface area (TPSA) is 84.7 Å². The van der Waals surface area contributed by atoms with Crippen molar-refractivity contribution in [2.45, 2.75) is 13.8 Å². The molecule has 7 heteroatoms. The van der Waals surface area contributed by atoms with E-state index in [1.807, 2.05) is 6.07 Å². The zero-order valence-corrected chi connectivity index (χ0v) is 15.5. The maximum Gasteiger partial charge on any atom is 0.368 e. The second-order valence-corrected chi connectivity index (χ2v) is 5.86. The van der Waals surface area contributed by atoms with Crippen LogP contribution in [0.5, 0.6) is 5.75 Å². The number of aromatic nitrogens is 1. The van der Waals surface area contributed by atoms with E-state index >= 15 is 0 Å². The van der Waals surface area contributed by atoms with Gasteiger partial charge in [-0.2, -0.15) is 0 Å². The molecule has 0 saturated heterocycles. The quantitative estimate of drug-likeness (QED) is 0.720. The van der Waals surface area contributed by atoms with Gasteiger partial charge in [0.25, 0.3) is 5.91 Å². The fourth-order valence-electron chi connectivity index (χ4n) is 2.78. The number of ether oxygens (including phenoxy) is 1. The standard InChI is InChI=1S/C20H21N3O4/c1-4-23(5-2)14-8-11-16-17(12-14)27-20(25)18(22-16)19(24)21-13-6-9-15(26-3)10-7-13/h6-12H,4-5H2,1-3H3,(H,21,24). The molecular formula is C20H21N3O4. The second kappa shape index (κ2) is 7.90. The Balaban J connectivity index is 1.90. The fraction of sp³-hybridized carbons (Fsp3) is 0.250. The van der Waals surface area contributed by atoms with E-state index in [4.69, 9.17) is 9.15 Å². The molecule has 140 valence electrons. The lowest BCUT2D eigenvalue weighted by Crippen LogP contribution is -2.23. The number of rotatable bonds is 6. The summed E-state index contributed by atoms with van der Waals surface area (Å²) in [5.41, 5.74) is 1.21. The van der Waals surface area contributed by atoms with Gasteiger partial charge in [-0.1, -0.05) is 0 Å². The summed E-state index contributed by atoms with van der Waals surface area (Å²) in [4.78, 5) is 31.0. The molecule has 0 bridgehead atoms. The van der Waals surface area contributed by atoms with E-state index in [0.717, 1.165) is 18.8 Å². The van der Waals surface area contributed by atoms with Crippen molar-refractivity contribution in [1.29, 1.82) is 0 Å². The molecule has 0 aliphatic rings. The molecule has 0 fully saturated rings. The van der Waals surface area contributed by atoms with Gasteiger partial charge in [0.05, 0.1) is 7.11 Å². The van der Waals surface area contributed by atoms with Gasteiger partial charge in [-0.25, -0.2) is 9.78 Å². The number of anilines is 2. The van der Waals surface area contributed by atoms with Gasteiger partial charge in [-0.3, -0.25) is 4.79 Å². The Kier molecular flexibility index (Phi) is 5.40. The van der Waals surface area contributed by atoms with Gasteiger partial charge in [0.2, 0.25) is 5.69 Å². The zero-order chi connectivity index (χ0) is 19.4. The van der Waals surface area contributed by atoms with E-state index in [1.54, 1.807) is 43.5 Å². The van der Waals surface area contributed by atoms with Gasteiger partial charge in [0, 0.05) is 30.5 Å². The molecule has 1 heterocycles. The van der Waals surface area contributed by atoms with Crippen molar-refractivity contribution in [2.75, 3.05) is 30.4 Å². The first-order valence-corrected chi connectivity index (χ1v) is 8.71. The molecular weight excluding hydrogens is 346 g/mol. The van der Waals surface area contributed by atoms with Crippen LogP contribution in [0.15, 0.2) is 51.7 Å². The van der Waals surface area contributed by atoms with Gasteiger partial charge >= 0.3 is 5.63 Å². The highest BCUT2D eigenvalue weighted by Gasteiger charge is 2.17. The molecule has 1 N–H and O–H groups in total. The number of hydrogen-bond acceptors (Lipinski definition) is 6. The molecule has 0 unspecified atom stereocenters. The number of nitrogens with zero attached hydrogens (tertiary/aromatic N) is 2. The Labute approximate surface area is 156 Å². The van der Waals surface area contributed by atoms with Crippen LogP contribution >= 0.6 is 0 Å². The molecule has 7 nitrogen and oxygen atoms in total. The Morgan fingerprint density at radius 3 is 2.48 bits per heavy atom. The molecule has 0 aliphatic heterocycles. The van der Waals surface area contributed by atoms with Gasteiger partial charge in [0.15, 0.2) is 5.58 Å². The lowest BCUT2D eigenvalue weighted by Gasteiger charge is -2.20. The normalized spacial score (nSPS) is 10.6. The molecule has 0 radical (unpaired) electrons. The number of nitrogens with one attached hydrogen (secondary N) is 1. The Bertz CT molecular complexity index is 1010. The van der Waals surface area contributed by atoms with Crippen LogP contribution < -0.4 is 20.6 Å². The Morgan fingerprint density at radius 1 is 1.15 bits per heavy atom. The monoisotopic (exact) mass is 367 g/mol. The summed E-state index contributed by atoms with van der Waals surface area (Å²) in [5, 5.41) is 2.64. The predicted molar refractivity (Wildman–Crippen MR) is 105 cm³/mol. The number of benzene rings is 2. The number of carbonyl (C=O) groups excluding carboxylic acids is 1. The summed E-state index contributed by atoms with van der Waals surface area (Å²) >= 11 is 0. The summed E-state index contributed by atoms with van der Waals surface area (Å²) < 4.78 is 10.4. The lowest BCUT2D eigenvalue weighted by atomic mass is 10.2. The van der Waals surface area contributed by atoms with Crippen LogP contribution in [-0.2, 0) is 0 Å². The van der Waals surface area contributed by atoms with Crippen molar-refractivity contribution in [2.24, 2.45) is 0 Å². The zero-order valence-electron chi connectivity index (χ0n) is 15.5. The largest absolute Gasteiger partial charge is 0.497 e. The maximum absolute atomic E-state index is 12.4. The van der Waals surface area contributed by atoms with Crippen molar-refractivity contribution in [3.8, 4) is 5.75 Å². The molecule has 3 rings (SSSR count). The molecule has 0 spiro atoms. The third-order valence-electron chi connectivity index (χ3n) is 4.26. The molecule has 1 aromatic heterocycles. The second-order valence-electron chi connectivity index (χ2n) is 5.86. The van der Waals surface area contributed by atoms with E-state index in [9.17, 15) is 9.59 Å². The first-order valence-electron chi connectivity index (χ1n) is 8.71. The molecule has 3 aromatic rings. The van der Waals surface area contributed by atoms with Crippen LogP contribution in [0, 0.1) is 0 Å². The highest BCUT2D eigenvalue weighted by Crippen LogP contribution is 2.21. The number of amides is 1. The number of fused-ring (bicyclic) bond motifs is 1. The van der Waals surface area contributed by atoms with Crippen LogP contribution in [0.2, 0.25) is 0 Å². The van der Waals surface area contributed by atoms with Crippen molar-refractivity contribution >= 4 is 28.4 Å². The molecule has 1 amide bonds. The smallest absolute Gasteiger partial charge is 0.368 e. The average molecular weight is 367 g/mol. The van der Waals surface area contributed by atoms with Crippen molar-refractivity contribution in [1.82, 2.24) is 4.98 Å². The van der Waals surface area contributed by atoms with Crippen LogP contribution in [0.3, 0.4) is 0 Å². The highest BCUT2D eigenvalue weighted by atomic mass is 16.5. The van der Waals surface area contributed by atoms with Gasteiger partial charge < -0.3 is 19.4 Å². The van der Waals surface area contributed by atoms with Gasteiger partial charge in [0.1, 0.15) is 11.3 Å². The summed E-state index contributed by atoms with van der Waals surface area (Å²) in [6.07, 6.45) is 0. The van der Waals surface area contributed by atoms with Crippen LogP contribution in [-0.4, -0.2) is 31.1 Å². The Morgan fingerprint density at radius 2 is 1.85 bits per heavy atom. The van der Waals surface area contributed by atoms with Crippen LogP contribution in [0.1, 0.15) is 24.3 Å². The molecule has 27 heavy (non-hydrogen) atoms. The predicted octanol–water partition coefficient (Wildman–Crippen LogP) is 3.30. The van der Waals surface area contributed by atoms with Crippen LogP contribution in [0.25, 0.3) is 11.1 Å². The first-order chi connectivity index (χ1) is 13.0. The van der Waals surface area contributed by atoms with Crippen molar-refractivity contribution in [3.05, 3.63) is 58.6 Å². The minimum atomic E-state index is -0.773. The van der Waals surface area contributed by atoms with E-state index in [2.05, 4.69) is 29.0 Å². The molecule has 0 aliphatic carbocycles. The third kappa shape index (κ3) is 3.92. The lowest BCUT2D eigenvalue weighted by molar-refractivity contribution is 0.101. The number of methoxy groups -OCH3 is 1. The first kappa shape index (κ1) is 18.4. The maximum atomic E-state index is 12.4. The van der Waals surface area contributed by atoms with E-state index in [-0.39, 0.29) is 5.69 Å². The number of hydrogen-bond donors (Lipinski definition) is 1. The summed E-state index contributed by atoms with van der Waals surface area (Å²) in [5.74, 6) is 0.0454. The third-order valence-corrected chi connectivity index (χ3v) is 4.26. The SMILES string of the molecule is CCN(CC)c1ccc2nc(C(=O)Nc3ccc(OC)cc3)c(=O)oc2c1. The van der Waals surface area contributed by atoms with Crippen LogP contribution in [0.4, 0.5) is 11.4 Å². The van der Waals surface area contributed by atoms with E-state index < -0.39 is 11.5 Å². The Hall–Kier alpha value is -3.35. The highest BCUT2D eigenvalue weighted by molar-refractivity contribution is 6.03. The van der Waals surface area contributed by atoms with Crippen molar-refractivity contribution < 1.29 is 13.9 Å². The summed E-state index contributed by atoms with van der Waals surface area (Å²) in [7, 11) is 1.56. The van der Waals surface area contributed by atoms with Gasteiger partial charge in [-0.15, -0.1) is 0 Å². The summed E-state index contributed by atoms with van der Waals surface area (Å²) in [6, 6.07) is 12.2. The minimum absolute atomic E-state index is 0.283.